The molecule has 1 heterocycles. The van der Waals surface area contributed by atoms with Crippen LogP contribution in [0.15, 0.2) is 18.3 Å². The van der Waals surface area contributed by atoms with Gasteiger partial charge in [-0.1, -0.05) is 19.9 Å². The quantitative estimate of drug-likeness (QED) is 0.802. The highest BCUT2D eigenvalue weighted by Crippen LogP contribution is 2.13. The second-order valence-electron chi connectivity index (χ2n) is 4.35. The summed E-state index contributed by atoms with van der Waals surface area (Å²) in [5.74, 6) is 1.68. The molecule has 15 heavy (non-hydrogen) atoms. The van der Waals surface area contributed by atoms with Crippen LogP contribution in [0.3, 0.4) is 0 Å². The molecule has 0 spiro atoms. The maximum Gasteiger partial charge on any atom is 0.130 e. The standard InChI is InChI=1S/C12H21N3/c1-10(2)8-15(4)9-11-6-5-7-14-12(11)13-3/h5-7,10H,8-9H2,1-4H3,(H,13,14). The van der Waals surface area contributed by atoms with Crippen molar-refractivity contribution in [3.05, 3.63) is 23.9 Å². The second kappa shape index (κ2) is 5.71. The highest BCUT2D eigenvalue weighted by atomic mass is 15.1. The van der Waals surface area contributed by atoms with Gasteiger partial charge in [-0.2, -0.15) is 0 Å². The van der Waals surface area contributed by atoms with E-state index in [2.05, 4.69) is 42.2 Å². The van der Waals surface area contributed by atoms with E-state index < -0.39 is 0 Å². The number of aromatic nitrogens is 1. The lowest BCUT2D eigenvalue weighted by Crippen LogP contribution is -2.23. The van der Waals surface area contributed by atoms with Crippen LogP contribution in [-0.4, -0.2) is 30.5 Å². The van der Waals surface area contributed by atoms with Gasteiger partial charge >= 0.3 is 0 Å². The van der Waals surface area contributed by atoms with Gasteiger partial charge in [0.15, 0.2) is 0 Å². The van der Waals surface area contributed by atoms with Crippen molar-refractivity contribution in [2.45, 2.75) is 20.4 Å². The Labute approximate surface area is 92.5 Å². The number of hydrogen-bond donors (Lipinski definition) is 1. The average molecular weight is 207 g/mol. The average Bonchev–Trinajstić information content (AvgIpc) is 2.17. The highest BCUT2D eigenvalue weighted by molar-refractivity contribution is 5.42. The van der Waals surface area contributed by atoms with Gasteiger partial charge < -0.3 is 10.2 Å². The zero-order valence-corrected chi connectivity index (χ0v) is 10.1. The summed E-state index contributed by atoms with van der Waals surface area (Å²) < 4.78 is 0. The molecule has 0 saturated carbocycles. The molecule has 0 aromatic carbocycles. The smallest absolute Gasteiger partial charge is 0.130 e. The van der Waals surface area contributed by atoms with Gasteiger partial charge in [0, 0.05) is 31.9 Å². The van der Waals surface area contributed by atoms with Gasteiger partial charge in [-0.05, 0) is 19.0 Å². The Balaban J connectivity index is 2.63. The van der Waals surface area contributed by atoms with Gasteiger partial charge in [0.25, 0.3) is 0 Å². The van der Waals surface area contributed by atoms with Crippen LogP contribution in [-0.2, 0) is 6.54 Å². The van der Waals surface area contributed by atoms with Gasteiger partial charge in [-0.15, -0.1) is 0 Å². The zero-order valence-electron chi connectivity index (χ0n) is 10.1. The molecule has 0 atom stereocenters. The topological polar surface area (TPSA) is 28.2 Å². The van der Waals surface area contributed by atoms with E-state index in [9.17, 15) is 0 Å². The maximum absolute atomic E-state index is 4.29. The lowest BCUT2D eigenvalue weighted by atomic mass is 10.2. The van der Waals surface area contributed by atoms with Crippen LogP contribution in [0.2, 0.25) is 0 Å². The molecule has 0 fully saturated rings. The third-order valence-corrected chi connectivity index (χ3v) is 2.25. The zero-order chi connectivity index (χ0) is 11.3. The molecule has 84 valence electrons. The first-order chi connectivity index (χ1) is 7.13. The van der Waals surface area contributed by atoms with E-state index >= 15 is 0 Å². The van der Waals surface area contributed by atoms with Crippen LogP contribution in [0.4, 0.5) is 5.82 Å². The Morgan fingerprint density at radius 3 is 2.80 bits per heavy atom. The fraction of sp³-hybridized carbons (Fsp3) is 0.583. The van der Waals surface area contributed by atoms with Gasteiger partial charge in [0.1, 0.15) is 5.82 Å². The minimum absolute atomic E-state index is 0.699. The minimum atomic E-state index is 0.699. The first kappa shape index (κ1) is 12.0. The Bertz CT molecular complexity index is 297. The molecule has 0 amide bonds. The summed E-state index contributed by atoms with van der Waals surface area (Å²) in [6.45, 7) is 6.53. The first-order valence-corrected chi connectivity index (χ1v) is 5.43. The van der Waals surface area contributed by atoms with Crippen LogP contribution in [0.1, 0.15) is 19.4 Å². The van der Waals surface area contributed by atoms with Crippen LogP contribution < -0.4 is 5.32 Å². The van der Waals surface area contributed by atoms with E-state index in [1.807, 2.05) is 19.3 Å². The Morgan fingerprint density at radius 2 is 2.20 bits per heavy atom. The summed E-state index contributed by atoms with van der Waals surface area (Å²) in [6.07, 6.45) is 1.82. The number of nitrogens with zero attached hydrogens (tertiary/aromatic N) is 2. The molecule has 0 saturated heterocycles. The summed E-state index contributed by atoms with van der Waals surface area (Å²) in [5, 5.41) is 3.12. The normalized spacial score (nSPS) is 11.1. The summed E-state index contributed by atoms with van der Waals surface area (Å²) in [7, 11) is 4.06. The number of rotatable bonds is 5. The molecular weight excluding hydrogens is 186 g/mol. The number of pyridine rings is 1. The summed E-state index contributed by atoms with van der Waals surface area (Å²) in [6, 6.07) is 4.11. The Kier molecular flexibility index (Phi) is 4.56. The fourth-order valence-corrected chi connectivity index (χ4v) is 1.77. The third kappa shape index (κ3) is 3.88. The predicted octanol–water partition coefficient (Wildman–Crippen LogP) is 2.21. The molecule has 1 N–H and O–H groups in total. The molecule has 0 aliphatic rings. The maximum atomic E-state index is 4.29. The second-order valence-corrected chi connectivity index (χ2v) is 4.35. The molecule has 0 radical (unpaired) electrons. The van der Waals surface area contributed by atoms with Crippen molar-refractivity contribution in [3.8, 4) is 0 Å². The van der Waals surface area contributed by atoms with E-state index in [1.54, 1.807) is 0 Å². The number of hydrogen-bond acceptors (Lipinski definition) is 3. The Hall–Kier alpha value is -1.09. The van der Waals surface area contributed by atoms with Crippen molar-refractivity contribution in [1.29, 1.82) is 0 Å². The van der Waals surface area contributed by atoms with E-state index in [0.717, 1.165) is 18.9 Å². The minimum Gasteiger partial charge on any atom is -0.373 e. The molecule has 0 unspecified atom stereocenters. The van der Waals surface area contributed by atoms with Crippen molar-refractivity contribution in [2.24, 2.45) is 5.92 Å². The third-order valence-electron chi connectivity index (χ3n) is 2.25. The van der Waals surface area contributed by atoms with Crippen molar-refractivity contribution < 1.29 is 0 Å². The molecular formula is C12H21N3. The van der Waals surface area contributed by atoms with Crippen molar-refractivity contribution in [2.75, 3.05) is 26.0 Å². The summed E-state index contributed by atoms with van der Waals surface area (Å²) >= 11 is 0. The van der Waals surface area contributed by atoms with Gasteiger partial charge in [-0.25, -0.2) is 4.98 Å². The van der Waals surface area contributed by atoms with Gasteiger partial charge in [0.05, 0.1) is 0 Å². The van der Waals surface area contributed by atoms with E-state index in [1.165, 1.54) is 5.56 Å². The SMILES string of the molecule is CNc1ncccc1CN(C)CC(C)C. The summed E-state index contributed by atoms with van der Waals surface area (Å²) in [5.41, 5.74) is 1.25. The van der Waals surface area contributed by atoms with E-state index in [4.69, 9.17) is 0 Å². The molecule has 1 aromatic heterocycles. The molecule has 0 aliphatic carbocycles. The van der Waals surface area contributed by atoms with Gasteiger partial charge in [-0.3, -0.25) is 0 Å². The van der Waals surface area contributed by atoms with Crippen LogP contribution >= 0.6 is 0 Å². The molecule has 3 nitrogen and oxygen atoms in total. The monoisotopic (exact) mass is 207 g/mol. The van der Waals surface area contributed by atoms with Crippen LogP contribution in [0.5, 0.6) is 0 Å². The molecule has 0 bridgehead atoms. The predicted molar refractivity (Wildman–Crippen MR) is 65.0 cm³/mol. The molecule has 0 aliphatic heterocycles. The Morgan fingerprint density at radius 1 is 1.47 bits per heavy atom. The van der Waals surface area contributed by atoms with E-state index in [-0.39, 0.29) is 0 Å². The number of anilines is 1. The lowest BCUT2D eigenvalue weighted by molar-refractivity contribution is 0.288. The van der Waals surface area contributed by atoms with E-state index in [0.29, 0.717) is 5.92 Å². The van der Waals surface area contributed by atoms with Crippen LogP contribution in [0.25, 0.3) is 0 Å². The molecule has 3 heteroatoms. The van der Waals surface area contributed by atoms with Crippen LogP contribution in [0, 0.1) is 5.92 Å². The van der Waals surface area contributed by atoms with Crippen molar-refractivity contribution in [3.63, 3.8) is 0 Å². The van der Waals surface area contributed by atoms with Gasteiger partial charge in [0.2, 0.25) is 0 Å². The molecule has 1 rings (SSSR count). The largest absolute Gasteiger partial charge is 0.373 e. The molecule has 1 aromatic rings. The number of nitrogens with one attached hydrogen (secondary N) is 1. The fourth-order valence-electron chi connectivity index (χ4n) is 1.77. The summed E-state index contributed by atoms with van der Waals surface area (Å²) in [4.78, 5) is 6.61. The van der Waals surface area contributed by atoms with Crippen molar-refractivity contribution in [1.82, 2.24) is 9.88 Å². The lowest BCUT2D eigenvalue weighted by Gasteiger charge is -2.20. The first-order valence-electron chi connectivity index (χ1n) is 5.43. The highest BCUT2D eigenvalue weighted by Gasteiger charge is 2.06. The van der Waals surface area contributed by atoms with Crippen molar-refractivity contribution >= 4 is 5.82 Å².